The van der Waals surface area contributed by atoms with Crippen LogP contribution in [0, 0.1) is 0 Å². The molecule has 0 spiro atoms. The zero-order valence-corrected chi connectivity index (χ0v) is 16.2. The predicted octanol–water partition coefficient (Wildman–Crippen LogP) is 4.86. The van der Waals surface area contributed by atoms with Crippen molar-refractivity contribution in [3.8, 4) is 16.9 Å². The van der Waals surface area contributed by atoms with Crippen LogP contribution >= 0.6 is 11.6 Å². The Kier molecular flexibility index (Phi) is 4.54. The van der Waals surface area contributed by atoms with Gasteiger partial charge in [0.15, 0.2) is 0 Å². The molecule has 0 amide bonds. The molecule has 0 saturated carbocycles. The lowest BCUT2D eigenvalue weighted by molar-refractivity contribution is 0.0890. The van der Waals surface area contributed by atoms with Crippen LogP contribution in [0.2, 0.25) is 5.02 Å². The Morgan fingerprint density at radius 2 is 1.97 bits per heavy atom. The van der Waals surface area contributed by atoms with E-state index in [4.69, 9.17) is 20.8 Å². The monoisotopic (exact) mass is 404 g/mol. The lowest BCUT2D eigenvalue weighted by Crippen LogP contribution is -2.32. The first-order valence-corrected chi connectivity index (χ1v) is 9.65. The molecule has 0 unspecified atom stereocenters. The molecule has 144 valence electrons. The fourth-order valence-electron chi connectivity index (χ4n) is 3.74. The summed E-state index contributed by atoms with van der Waals surface area (Å²) < 4.78 is 11.6. The van der Waals surface area contributed by atoms with Crippen LogP contribution in [0.15, 0.2) is 76.2 Å². The summed E-state index contributed by atoms with van der Waals surface area (Å²) in [5, 5.41) is 1.31. The second-order valence-electron chi connectivity index (χ2n) is 7.01. The summed E-state index contributed by atoms with van der Waals surface area (Å²) in [6.45, 7) is 1.63. The average molecular weight is 405 g/mol. The fourth-order valence-corrected chi connectivity index (χ4v) is 4.02. The Bertz CT molecular complexity index is 1240. The van der Waals surface area contributed by atoms with E-state index in [1.807, 2.05) is 54.7 Å². The number of ether oxygens (including phenoxy) is 1. The van der Waals surface area contributed by atoms with Crippen LogP contribution in [0.4, 0.5) is 0 Å². The van der Waals surface area contributed by atoms with Crippen LogP contribution < -0.4 is 10.4 Å². The summed E-state index contributed by atoms with van der Waals surface area (Å²) in [6, 6.07) is 17.0. The van der Waals surface area contributed by atoms with Crippen LogP contribution in [0.1, 0.15) is 11.1 Å². The molecule has 1 aliphatic heterocycles. The van der Waals surface area contributed by atoms with Gasteiger partial charge in [-0.15, -0.1) is 0 Å². The molecule has 2 aromatic carbocycles. The van der Waals surface area contributed by atoms with E-state index in [1.165, 1.54) is 6.07 Å². The van der Waals surface area contributed by atoms with Crippen molar-refractivity contribution in [2.24, 2.45) is 0 Å². The van der Waals surface area contributed by atoms with Gasteiger partial charge in [-0.1, -0.05) is 48.0 Å². The van der Waals surface area contributed by atoms with Gasteiger partial charge in [-0.3, -0.25) is 9.88 Å². The zero-order chi connectivity index (χ0) is 19.8. The fraction of sp³-hybridized carbons (Fsp3) is 0.130. The second kappa shape index (κ2) is 7.35. The molecule has 1 aliphatic rings. The number of benzene rings is 2. The number of rotatable bonds is 3. The molecule has 0 radical (unpaired) electrons. The van der Waals surface area contributed by atoms with Crippen LogP contribution in [-0.4, -0.2) is 16.6 Å². The largest absolute Gasteiger partial charge is 0.476 e. The highest BCUT2D eigenvalue weighted by atomic mass is 35.5. The Balaban J connectivity index is 1.63. The normalized spacial score (nSPS) is 13.8. The van der Waals surface area contributed by atoms with Crippen LogP contribution in [0.5, 0.6) is 5.75 Å². The van der Waals surface area contributed by atoms with Gasteiger partial charge in [0.05, 0.1) is 10.6 Å². The van der Waals surface area contributed by atoms with Crippen LogP contribution in [0.25, 0.3) is 22.1 Å². The highest BCUT2D eigenvalue weighted by Crippen LogP contribution is 2.41. The van der Waals surface area contributed by atoms with Crippen molar-refractivity contribution in [2.75, 3.05) is 6.73 Å². The van der Waals surface area contributed by atoms with Gasteiger partial charge in [0.2, 0.25) is 0 Å². The third-order valence-corrected chi connectivity index (χ3v) is 5.30. The van der Waals surface area contributed by atoms with Crippen molar-refractivity contribution in [1.82, 2.24) is 9.88 Å². The van der Waals surface area contributed by atoms with E-state index < -0.39 is 5.63 Å². The van der Waals surface area contributed by atoms with E-state index in [0.717, 1.165) is 27.6 Å². The molecule has 0 fully saturated rings. The standard InChI is InChI=1S/C23H17ClN2O3/c24-20-9-18-17(16-6-2-1-3-7-16)10-21(27)29-22(18)19-13-26(14-28-23(19)20)12-15-5-4-8-25-11-15/h1-11H,12-14H2. The maximum absolute atomic E-state index is 12.4. The molecule has 5 rings (SSSR count). The first-order chi connectivity index (χ1) is 14.2. The van der Waals surface area contributed by atoms with Gasteiger partial charge in [0, 0.05) is 36.9 Å². The lowest BCUT2D eigenvalue weighted by Gasteiger charge is -2.30. The predicted molar refractivity (Wildman–Crippen MR) is 112 cm³/mol. The first-order valence-electron chi connectivity index (χ1n) is 9.28. The lowest BCUT2D eigenvalue weighted by atomic mass is 9.99. The maximum Gasteiger partial charge on any atom is 0.336 e. The summed E-state index contributed by atoms with van der Waals surface area (Å²) in [5.41, 5.74) is 3.73. The van der Waals surface area contributed by atoms with E-state index in [0.29, 0.717) is 36.2 Å². The number of aromatic nitrogens is 1. The van der Waals surface area contributed by atoms with Gasteiger partial charge in [-0.2, -0.15) is 0 Å². The zero-order valence-electron chi connectivity index (χ0n) is 15.5. The SMILES string of the molecule is O=c1cc(-c2ccccc2)c2cc(Cl)c3c(c2o1)CN(Cc1cccnc1)CO3. The van der Waals surface area contributed by atoms with E-state index in [-0.39, 0.29) is 0 Å². The Morgan fingerprint density at radius 1 is 1.10 bits per heavy atom. The number of halogens is 1. The van der Waals surface area contributed by atoms with Gasteiger partial charge in [-0.05, 0) is 28.8 Å². The summed E-state index contributed by atoms with van der Waals surface area (Å²) in [5.74, 6) is 0.579. The molecule has 0 bridgehead atoms. The quantitative estimate of drug-likeness (QED) is 0.456. The van der Waals surface area contributed by atoms with Crippen molar-refractivity contribution in [2.45, 2.75) is 13.1 Å². The van der Waals surface area contributed by atoms with Crippen molar-refractivity contribution in [1.29, 1.82) is 0 Å². The molecular weight excluding hydrogens is 388 g/mol. The molecule has 6 heteroatoms. The van der Waals surface area contributed by atoms with E-state index in [2.05, 4.69) is 9.88 Å². The number of pyridine rings is 1. The minimum absolute atomic E-state index is 0.398. The van der Waals surface area contributed by atoms with Gasteiger partial charge < -0.3 is 9.15 Å². The highest BCUT2D eigenvalue weighted by molar-refractivity contribution is 6.33. The molecule has 4 aromatic rings. The molecule has 2 aromatic heterocycles. The van der Waals surface area contributed by atoms with Gasteiger partial charge in [0.25, 0.3) is 0 Å². The Morgan fingerprint density at radius 3 is 2.76 bits per heavy atom. The average Bonchev–Trinajstić information content (AvgIpc) is 2.75. The number of fused-ring (bicyclic) bond motifs is 3. The van der Waals surface area contributed by atoms with Gasteiger partial charge in [-0.25, -0.2) is 4.79 Å². The third kappa shape index (κ3) is 3.39. The molecule has 0 aliphatic carbocycles. The summed E-state index contributed by atoms with van der Waals surface area (Å²) in [7, 11) is 0. The van der Waals surface area contributed by atoms with Crippen LogP contribution in [0.3, 0.4) is 0 Å². The summed E-state index contributed by atoms with van der Waals surface area (Å²) >= 11 is 6.55. The van der Waals surface area contributed by atoms with Crippen LogP contribution in [-0.2, 0) is 13.1 Å². The number of hydrogen-bond donors (Lipinski definition) is 0. The van der Waals surface area contributed by atoms with E-state index >= 15 is 0 Å². The Labute approximate surface area is 172 Å². The smallest absolute Gasteiger partial charge is 0.336 e. The molecule has 0 atom stereocenters. The van der Waals surface area contributed by atoms with Gasteiger partial charge >= 0.3 is 5.63 Å². The molecule has 29 heavy (non-hydrogen) atoms. The minimum Gasteiger partial charge on any atom is -0.476 e. The molecule has 5 nitrogen and oxygen atoms in total. The molecule has 0 N–H and O–H groups in total. The maximum atomic E-state index is 12.4. The molecule has 0 saturated heterocycles. The highest BCUT2D eigenvalue weighted by Gasteiger charge is 2.25. The van der Waals surface area contributed by atoms with Crippen molar-refractivity contribution in [3.63, 3.8) is 0 Å². The van der Waals surface area contributed by atoms with Gasteiger partial charge in [0.1, 0.15) is 18.1 Å². The van der Waals surface area contributed by atoms with Crippen molar-refractivity contribution >= 4 is 22.6 Å². The number of hydrogen-bond acceptors (Lipinski definition) is 5. The minimum atomic E-state index is -0.398. The topological polar surface area (TPSA) is 55.6 Å². The first kappa shape index (κ1) is 17.9. The van der Waals surface area contributed by atoms with E-state index in [9.17, 15) is 4.79 Å². The molecular formula is C23H17ClN2O3. The van der Waals surface area contributed by atoms with E-state index in [1.54, 1.807) is 6.20 Å². The van der Waals surface area contributed by atoms with Crippen molar-refractivity contribution < 1.29 is 9.15 Å². The van der Waals surface area contributed by atoms with Crippen molar-refractivity contribution in [3.05, 3.63) is 93.6 Å². The number of nitrogens with zero attached hydrogens (tertiary/aromatic N) is 2. The summed E-state index contributed by atoms with van der Waals surface area (Å²) in [6.07, 6.45) is 3.58. The molecule has 3 heterocycles. The second-order valence-corrected chi connectivity index (χ2v) is 7.42. The Hall–Kier alpha value is -3.15. The summed E-state index contributed by atoms with van der Waals surface area (Å²) in [4.78, 5) is 18.6. The third-order valence-electron chi connectivity index (χ3n) is 5.02.